The molecule has 0 atom stereocenters. The Morgan fingerprint density at radius 2 is 2.24 bits per heavy atom. The predicted molar refractivity (Wildman–Crippen MR) is 67.9 cm³/mol. The van der Waals surface area contributed by atoms with Gasteiger partial charge in [-0.2, -0.15) is 0 Å². The molecule has 1 aliphatic heterocycles. The van der Waals surface area contributed by atoms with Crippen LogP contribution in [0.5, 0.6) is 0 Å². The van der Waals surface area contributed by atoms with Gasteiger partial charge in [0.1, 0.15) is 5.82 Å². The number of thiol groups is 1. The first-order valence-corrected chi connectivity index (χ1v) is 5.96. The van der Waals surface area contributed by atoms with E-state index in [0.717, 1.165) is 12.0 Å². The molecule has 0 fully saturated rings. The van der Waals surface area contributed by atoms with Crippen molar-refractivity contribution in [1.82, 2.24) is 4.90 Å². The Kier molecular flexibility index (Phi) is 3.52. The van der Waals surface area contributed by atoms with Gasteiger partial charge in [-0.1, -0.05) is 11.6 Å². The van der Waals surface area contributed by atoms with Crippen molar-refractivity contribution in [3.8, 4) is 0 Å². The van der Waals surface area contributed by atoms with Gasteiger partial charge >= 0.3 is 0 Å². The summed E-state index contributed by atoms with van der Waals surface area (Å²) >= 11 is 4.13. The molecule has 1 amide bonds. The van der Waals surface area contributed by atoms with Crippen molar-refractivity contribution in [2.24, 2.45) is 0 Å². The normalized spacial score (nSPS) is 15.7. The van der Waals surface area contributed by atoms with Crippen molar-refractivity contribution < 1.29 is 9.18 Å². The van der Waals surface area contributed by atoms with Gasteiger partial charge < -0.3 is 4.90 Å². The van der Waals surface area contributed by atoms with Gasteiger partial charge in [0.05, 0.1) is 5.56 Å². The second-order valence-electron chi connectivity index (χ2n) is 4.23. The van der Waals surface area contributed by atoms with Crippen molar-refractivity contribution >= 4 is 18.5 Å². The van der Waals surface area contributed by atoms with Crippen LogP contribution >= 0.6 is 12.6 Å². The van der Waals surface area contributed by atoms with Crippen molar-refractivity contribution in [3.05, 3.63) is 41.2 Å². The third-order valence-electron chi connectivity index (χ3n) is 2.80. The predicted octanol–water partition coefficient (Wildman–Crippen LogP) is 2.91. The van der Waals surface area contributed by atoms with Gasteiger partial charge in [-0.15, -0.1) is 12.6 Å². The smallest absolute Gasteiger partial charge is 0.257 e. The number of carbonyl (C=O) groups is 1. The molecule has 1 aliphatic rings. The highest BCUT2D eigenvalue weighted by Gasteiger charge is 2.21. The van der Waals surface area contributed by atoms with Gasteiger partial charge in [0.25, 0.3) is 5.91 Å². The lowest BCUT2D eigenvalue weighted by atomic mass is 10.1. The molecule has 17 heavy (non-hydrogen) atoms. The lowest BCUT2D eigenvalue weighted by Gasteiger charge is -2.26. The summed E-state index contributed by atoms with van der Waals surface area (Å²) in [6.45, 7) is 3.20. The maximum atomic E-state index is 13.6. The van der Waals surface area contributed by atoms with E-state index in [4.69, 9.17) is 0 Å². The topological polar surface area (TPSA) is 20.3 Å². The first-order valence-electron chi connectivity index (χ1n) is 5.51. The summed E-state index contributed by atoms with van der Waals surface area (Å²) in [6.07, 6.45) is 2.94. The molecular formula is C13H14FNOS. The zero-order valence-corrected chi connectivity index (χ0v) is 10.5. The van der Waals surface area contributed by atoms with E-state index in [2.05, 4.69) is 18.7 Å². The van der Waals surface area contributed by atoms with E-state index in [1.807, 2.05) is 6.92 Å². The molecule has 0 radical (unpaired) electrons. The van der Waals surface area contributed by atoms with Crippen molar-refractivity contribution in [2.45, 2.75) is 18.2 Å². The average Bonchev–Trinajstić information content (AvgIpc) is 2.31. The zero-order valence-electron chi connectivity index (χ0n) is 9.61. The fourth-order valence-electron chi connectivity index (χ4n) is 1.93. The number of carbonyl (C=O) groups excluding carboxylic acids is 1. The van der Waals surface area contributed by atoms with Crippen LogP contribution in [0.15, 0.2) is 34.7 Å². The summed E-state index contributed by atoms with van der Waals surface area (Å²) < 4.78 is 13.6. The molecule has 0 aromatic heterocycles. The van der Waals surface area contributed by atoms with Gasteiger partial charge in [-0.3, -0.25) is 4.79 Å². The molecule has 0 N–H and O–H groups in total. The third-order valence-corrected chi connectivity index (χ3v) is 3.08. The van der Waals surface area contributed by atoms with Crippen molar-refractivity contribution in [3.63, 3.8) is 0 Å². The van der Waals surface area contributed by atoms with Crippen LogP contribution in [0.25, 0.3) is 0 Å². The SMILES string of the molecule is CC1=CCCN(C(=O)c2cc(S)ccc2F)C1. The minimum Gasteiger partial charge on any atom is -0.334 e. The molecule has 2 nitrogen and oxygen atoms in total. The number of hydrogen-bond donors (Lipinski definition) is 1. The van der Waals surface area contributed by atoms with Crippen LogP contribution in [0.1, 0.15) is 23.7 Å². The van der Waals surface area contributed by atoms with Gasteiger partial charge in [0.2, 0.25) is 0 Å². The third kappa shape index (κ3) is 2.69. The monoisotopic (exact) mass is 251 g/mol. The molecule has 4 heteroatoms. The van der Waals surface area contributed by atoms with E-state index in [1.54, 1.807) is 4.90 Å². The molecule has 1 aromatic carbocycles. The summed E-state index contributed by atoms with van der Waals surface area (Å²) in [5.74, 6) is -0.745. The van der Waals surface area contributed by atoms with Crippen LogP contribution in [0.2, 0.25) is 0 Å². The van der Waals surface area contributed by atoms with Crippen LogP contribution in [0.3, 0.4) is 0 Å². The van der Waals surface area contributed by atoms with Crippen LogP contribution in [0, 0.1) is 5.82 Å². The molecule has 2 rings (SSSR count). The highest BCUT2D eigenvalue weighted by molar-refractivity contribution is 7.80. The van der Waals surface area contributed by atoms with Crippen LogP contribution in [0.4, 0.5) is 4.39 Å². The first kappa shape index (κ1) is 12.2. The quantitative estimate of drug-likeness (QED) is 0.601. The van der Waals surface area contributed by atoms with Gasteiger partial charge in [-0.05, 0) is 31.5 Å². The zero-order chi connectivity index (χ0) is 12.4. The van der Waals surface area contributed by atoms with Gasteiger partial charge in [0, 0.05) is 18.0 Å². The van der Waals surface area contributed by atoms with Gasteiger partial charge in [0.15, 0.2) is 0 Å². The number of rotatable bonds is 1. The summed E-state index contributed by atoms with van der Waals surface area (Å²) in [5, 5.41) is 0. The molecule has 0 unspecified atom stereocenters. The fourth-order valence-corrected chi connectivity index (χ4v) is 2.14. The summed E-state index contributed by atoms with van der Waals surface area (Å²) in [4.78, 5) is 14.4. The Balaban J connectivity index is 2.25. The van der Waals surface area contributed by atoms with E-state index in [9.17, 15) is 9.18 Å². The number of nitrogens with zero attached hydrogens (tertiary/aromatic N) is 1. The molecule has 0 spiro atoms. The number of amides is 1. The minimum absolute atomic E-state index is 0.104. The van der Waals surface area contributed by atoms with Crippen LogP contribution in [-0.2, 0) is 0 Å². The van der Waals surface area contributed by atoms with E-state index in [1.165, 1.54) is 18.2 Å². The molecular weight excluding hydrogens is 237 g/mol. The Morgan fingerprint density at radius 1 is 1.47 bits per heavy atom. The minimum atomic E-state index is -0.486. The maximum Gasteiger partial charge on any atom is 0.257 e. The molecule has 0 saturated carbocycles. The highest BCUT2D eigenvalue weighted by Crippen LogP contribution is 2.18. The van der Waals surface area contributed by atoms with E-state index < -0.39 is 5.82 Å². The van der Waals surface area contributed by atoms with E-state index in [0.29, 0.717) is 18.0 Å². The van der Waals surface area contributed by atoms with E-state index >= 15 is 0 Å². The Bertz CT molecular complexity index is 484. The highest BCUT2D eigenvalue weighted by atomic mass is 32.1. The molecule has 90 valence electrons. The lowest BCUT2D eigenvalue weighted by Crippen LogP contribution is -2.35. The lowest BCUT2D eigenvalue weighted by molar-refractivity contribution is 0.0761. The maximum absolute atomic E-state index is 13.6. The van der Waals surface area contributed by atoms with Crippen LogP contribution in [-0.4, -0.2) is 23.9 Å². The molecule has 1 aromatic rings. The van der Waals surface area contributed by atoms with Crippen LogP contribution < -0.4 is 0 Å². The van der Waals surface area contributed by atoms with Crippen molar-refractivity contribution in [1.29, 1.82) is 0 Å². The number of hydrogen-bond acceptors (Lipinski definition) is 2. The first-order chi connectivity index (χ1) is 8.08. The van der Waals surface area contributed by atoms with Crippen molar-refractivity contribution in [2.75, 3.05) is 13.1 Å². The summed E-state index contributed by atoms with van der Waals surface area (Å²) in [7, 11) is 0. The largest absolute Gasteiger partial charge is 0.334 e. The fraction of sp³-hybridized carbons (Fsp3) is 0.308. The molecule has 1 heterocycles. The molecule has 0 saturated heterocycles. The van der Waals surface area contributed by atoms with Gasteiger partial charge in [-0.25, -0.2) is 4.39 Å². The Hall–Kier alpha value is -1.29. The number of benzene rings is 1. The standard InChI is InChI=1S/C13H14FNOS/c1-9-3-2-6-15(8-9)13(16)11-7-10(17)4-5-12(11)14/h3-5,7,17H,2,6,8H2,1H3. The summed E-state index contributed by atoms with van der Waals surface area (Å²) in [6, 6.07) is 4.30. The molecule has 0 aliphatic carbocycles. The average molecular weight is 251 g/mol. The second-order valence-corrected chi connectivity index (χ2v) is 4.75. The summed E-state index contributed by atoms with van der Waals surface area (Å²) in [5.41, 5.74) is 1.25. The molecule has 0 bridgehead atoms. The number of halogens is 1. The Morgan fingerprint density at radius 3 is 2.94 bits per heavy atom. The second kappa shape index (κ2) is 4.92. The van der Waals surface area contributed by atoms with E-state index in [-0.39, 0.29) is 11.5 Å². The Labute approximate surface area is 106 Å².